The van der Waals surface area contributed by atoms with E-state index >= 15 is 0 Å². The summed E-state index contributed by atoms with van der Waals surface area (Å²) >= 11 is 0. The van der Waals surface area contributed by atoms with Gasteiger partial charge in [0.2, 0.25) is 0 Å². The van der Waals surface area contributed by atoms with Gasteiger partial charge >= 0.3 is 0 Å². The molecule has 0 fully saturated rings. The maximum Gasteiger partial charge on any atom is 0.0767 e. The number of benzene rings is 1. The third-order valence-corrected chi connectivity index (χ3v) is 2.80. The molecule has 16 heavy (non-hydrogen) atoms. The first-order chi connectivity index (χ1) is 7.63. The van der Waals surface area contributed by atoms with Gasteiger partial charge in [0, 0.05) is 12.2 Å². The molecular formula is C13H17N3. The molecule has 0 aliphatic rings. The standard InChI is InChI=1S/C13H17N3/c1-9-5-4-6-10(2)13(9)16-11(3)7-12(8-14)15-16/h4-7H,8,14H2,1-3H3. The van der Waals surface area contributed by atoms with Crippen molar-refractivity contribution in [2.45, 2.75) is 27.3 Å². The molecule has 84 valence electrons. The van der Waals surface area contributed by atoms with Crippen molar-refractivity contribution >= 4 is 0 Å². The van der Waals surface area contributed by atoms with E-state index in [2.05, 4.69) is 44.1 Å². The lowest BCUT2D eigenvalue weighted by atomic mass is 10.1. The van der Waals surface area contributed by atoms with Crippen LogP contribution >= 0.6 is 0 Å². The monoisotopic (exact) mass is 215 g/mol. The molecule has 0 aliphatic carbocycles. The Bertz CT molecular complexity index is 492. The van der Waals surface area contributed by atoms with Crippen LogP contribution in [0.25, 0.3) is 5.69 Å². The minimum atomic E-state index is 0.485. The molecule has 0 spiro atoms. The van der Waals surface area contributed by atoms with Crippen molar-refractivity contribution in [3.63, 3.8) is 0 Å². The summed E-state index contributed by atoms with van der Waals surface area (Å²) in [6.07, 6.45) is 0. The molecule has 3 nitrogen and oxygen atoms in total. The first-order valence-electron chi connectivity index (χ1n) is 5.45. The van der Waals surface area contributed by atoms with Crippen molar-refractivity contribution < 1.29 is 0 Å². The summed E-state index contributed by atoms with van der Waals surface area (Å²) < 4.78 is 1.98. The number of hydrogen-bond donors (Lipinski definition) is 1. The van der Waals surface area contributed by atoms with Gasteiger partial charge in [-0.3, -0.25) is 0 Å². The first-order valence-corrected chi connectivity index (χ1v) is 5.45. The number of aryl methyl sites for hydroxylation is 3. The van der Waals surface area contributed by atoms with Gasteiger partial charge in [0.05, 0.1) is 11.4 Å². The van der Waals surface area contributed by atoms with E-state index in [9.17, 15) is 0 Å². The van der Waals surface area contributed by atoms with Gasteiger partial charge in [0.15, 0.2) is 0 Å². The summed E-state index contributed by atoms with van der Waals surface area (Å²) in [7, 11) is 0. The van der Waals surface area contributed by atoms with Gasteiger partial charge < -0.3 is 5.73 Å². The highest BCUT2D eigenvalue weighted by molar-refractivity contribution is 5.47. The van der Waals surface area contributed by atoms with Gasteiger partial charge in [-0.05, 0) is 38.0 Å². The largest absolute Gasteiger partial charge is 0.325 e. The smallest absolute Gasteiger partial charge is 0.0767 e. The van der Waals surface area contributed by atoms with E-state index < -0.39 is 0 Å². The van der Waals surface area contributed by atoms with Crippen LogP contribution in [0.4, 0.5) is 0 Å². The van der Waals surface area contributed by atoms with E-state index in [1.54, 1.807) is 0 Å². The lowest BCUT2D eigenvalue weighted by molar-refractivity contribution is 0.802. The minimum absolute atomic E-state index is 0.485. The molecular weight excluding hydrogens is 198 g/mol. The van der Waals surface area contributed by atoms with E-state index in [1.807, 2.05) is 10.7 Å². The Morgan fingerprint density at radius 3 is 2.31 bits per heavy atom. The third kappa shape index (κ3) is 1.74. The maximum atomic E-state index is 5.61. The van der Waals surface area contributed by atoms with Crippen LogP contribution in [0.5, 0.6) is 0 Å². The molecule has 1 aromatic heterocycles. The summed E-state index contributed by atoms with van der Waals surface area (Å²) in [6, 6.07) is 8.31. The number of nitrogens with two attached hydrogens (primary N) is 1. The predicted molar refractivity (Wildman–Crippen MR) is 65.7 cm³/mol. The summed E-state index contributed by atoms with van der Waals surface area (Å²) in [5, 5.41) is 4.51. The number of rotatable bonds is 2. The van der Waals surface area contributed by atoms with E-state index in [0.717, 1.165) is 11.4 Å². The van der Waals surface area contributed by atoms with Crippen LogP contribution in [-0.2, 0) is 6.54 Å². The quantitative estimate of drug-likeness (QED) is 0.835. The summed E-state index contributed by atoms with van der Waals surface area (Å²) in [5.41, 5.74) is 11.3. The molecule has 0 aliphatic heterocycles. The number of aromatic nitrogens is 2. The molecule has 0 saturated carbocycles. The van der Waals surface area contributed by atoms with Crippen molar-refractivity contribution in [2.75, 3.05) is 0 Å². The van der Waals surface area contributed by atoms with Crippen LogP contribution < -0.4 is 5.73 Å². The second-order valence-electron chi connectivity index (χ2n) is 4.13. The van der Waals surface area contributed by atoms with Crippen molar-refractivity contribution in [3.05, 3.63) is 46.8 Å². The highest BCUT2D eigenvalue weighted by atomic mass is 15.3. The zero-order valence-corrected chi connectivity index (χ0v) is 9.99. The van der Waals surface area contributed by atoms with Gasteiger partial charge in [-0.1, -0.05) is 18.2 Å². The second-order valence-corrected chi connectivity index (χ2v) is 4.13. The third-order valence-electron chi connectivity index (χ3n) is 2.80. The Kier molecular flexibility index (Phi) is 2.79. The van der Waals surface area contributed by atoms with Gasteiger partial charge in [-0.15, -0.1) is 0 Å². The maximum absolute atomic E-state index is 5.61. The Morgan fingerprint density at radius 2 is 1.81 bits per heavy atom. The van der Waals surface area contributed by atoms with Gasteiger partial charge in [0.25, 0.3) is 0 Å². The molecule has 3 heteroatoms. The molecule has 2 N–H and O–H groups in total. The van der Waals surface area contributed by atoms with Crippen molar-refractivity contribution in [3.8, 4) is 5.69 Å². The lowest BCUT2D eigenvalue weighted by Gasteiger charge is -2.11. The van der Waals surface area contributed by atoms with E-state index in [-0.39, 0.29) is 0 Å². The van der Waals surface area contributed by atoms with Gasteiger partial charge in [-0.25, -0.2) is 4.68 Å². The van der Waals surface area contributed by atoms with Crippen LogP contribution in [0, 0.1) is 20.8 Å². The fourth-order valence-electron chi connectivity index (χ4n) is 2.00. The molecule has 1 aromatic carbocycles. The normalized spacial score (nSPS) is 10.8. The van der Waals surface area contributed by atoms with E-state index in [0.29, 0.717) is 6.54 Å². The lowest BCUT2D eigenvalue weighted by Crippen LogP contribution is -2.05. The van der Waals surface area contributed by atoms with Crippen LogP contribution in [0.2, 0.25) is 0 Å². The molecule has 0 radical (unpaired) electrons. The van der Waals surface area contributed by atoms with Crippen LogP contribution in [0.15, 0.2) is 24.3 Å². The minimum Gasteiger partial charge on any atom is -0.325 e. The molecule has 1 heterocycles. The first kappa shape index (κ1) is 10.9. The fraction of sp³-hybridized carbons (Fsp3) is 0.308. The van der Waals surface area contributed by atoms with E-state index in [4.69, 9.17) is 5.73 Å². The Balaban J connectivity index is 2.62. The Morgan fingerprint density at radius 1 is 1.19 bits per heavy atom. The SMILES string of the molecule is Cc1cccc(C)c1-n1nc(CN)cc1C. The topological polar surface area (TPSA) is 43.8 Å². The molecule has 0 amide bonds. The Labute approximate surface area is 95.9 Å². The summed E-state index contributed by atoms with van der Waals surface area (Å²) in [5.74, 6) is 0. The Hall–Kier alpha value is -1.61. The number of hydrogen-bond acceptors (Lipinski definition) is 2. The molecule has 2 aromatic rings. The van der Waals surface area contributed by atoms with Gasteiger partial charge in [0.1, 0.15) is 0 Å². The molecule has 0 atom stereocenters. The zero-order valence-electron chi connectivity index (χ0n) is 9.99. The zero-order chi connectivity index (χ0) is 11.7. The van der Waals surface area contributed by atoms with Gasteiger partial charge in [-0.2, -0.15) is 5.10 Å². The average Bonchev–Trinajstić information content (AvgIpc) is 2.60. The molecule has 0 saturated heterocycles. The summed E-state index contributed by atoms with van der Waals surface area (Å²) in [4.78, 5) is 0. The molecule has 2 rings (SSSR count). The van der Waals surface area contributed by atoms with E-state index in [1.165, 1.54) is 16.8 Å². The molecule has 0 bridgehead atoms. The summed E-state index contributed by atoms with van der Waals surface area (Å²) in [6.45, 7) is 6.74. The van der Waals surface area contributed by atoms with Crippen LogP contribution in [0.3, 0.4) is 0 Å². The van der Waals surface area contributed by atoms with Crippen molar-refractivity contribution in [1.82, 2.24) is 9.78 Å². The highest BCUT2D eigenvalue weighted by Gasteiger charge is 2.09. The van der Waals surface area contributed by atoms with Crippen LogP contribution in [-0.4, -0.2) is 9.78 Å². The predicted octanol–water partition coefficient (Wildman–Crippen LogP) is 2.26. The second kappa shape index (κ2) is 4.10. The van der Waals surface area contributed by atoms with Crippen LogP contribution in [0.1, 0.15) is 22.5 Å². The van der Waals surface area contributed by atoms with Crippen molar-refractivity contribution in [1.29, 1.82) is 0 Å². The highest BCUT2D eigenvalue weighted by Crippen LogP contribution is 2.20. The number of para-hydroxylation sites is 1. The molecule has 0 unspecified atom stereocenters. The fourth-order valence-corrected chi connectivity index (χ4v) is 2.00. The average molecular weight is 215 g/mol. The number of nitrogens with zero attached hydrogens (tertiary/aromatic N) is 2. The van der Waals surface area contributed by atoms with Crippen molar-refractivity contribution in [2.24, 2.45) is 5.73 Å².